The summed E-state index contributed by atoms with van der Waals surface area (Å²) < 4.78 is 12.8. The summed E-state index contributed by atoms with van der Waals surface area (Å²) in [5.74, 6) is 2.38. The van der Waals surface area contributed by atoms with Crippen LogP contribution in [0.1, 0.15) is 23.9 Å². The zero-order valence-electron chi connectivity index (χ0n) is 16.8. The maximum absolute atomic E-state index is 6.06. The van der Waals surface area contributed by atoms with Crippen LogP contribution < -0.4 is 14.8 Å². The number of imidazole rings is 1. The smallest absolute Gasteiger partial charge is 0.175 e. The van der Waals surface area contributed by atoms with Gasteiger partial charge in [-0.1, -0.05) is 42.5 Å². The number of benzene rings is 3. The van der Waals surface area contributed by atoms with E-state index in [0.717, 1.165) is 44.0 Å². The standard InChI is InChI=1S/C24H24BrN3O2/c1-2-29-22-13-18(12-19(25)24(22)30-16-17-8-4-3-5-9-17)14-26-15-23-27-20-10-6-7-11-21(20)28-23/h3-13,26H,2,14-16H2,1H3,(H,27,28). The topological polar surface area (TPSA) is 59.2 Å². The summed E-state index contributed by atoms with van der Waals surface area (Å²) in [7, 11) is 0. The highest BCUT2D eigenvalue weighted by molar-refractivity contribution is 9.10. The first kappa shape index (κ1) is 20.4. The number of aromatic amines is 1. The number of H-pyrrole nitrogens is 1. The number of hydrogen-bond acceptors (Lipinski definition) is 4. The SMILES string of the molecule is CCOc1cc(CNCc2nc3ccccc3[nH]2)cc(Br)c1OCc1ccccc1. The lowest BCUT2D eigenvalue weighted by atomic mass is 10.2. The number of nitrogens with one attached hydrogen (secondary N) is 2. The van der Waals surface area contributed by atoms with Gasteiger partial charge < -0.3 is 19.8 Å². The molecule has 1 heterocycles. The summed E-state index contributed by atoms with van der Waals surface area (Å²) in [6.45, 7) is 4.38. The van der Waals surface area contributed by atoms with Crippen molar-refractivity contribution in [1.82, 2.24) is 15.3 Å². The van der Waals surface area contributed by atoms with E-state index in [9.17, 15) is 0 Å². The summed E-state index contributed by atoms with van der Waals surface area (Å²) >= 11 is 3.65. The van der Waals surface area contributed by atoms with Gasteiger partial charge in [0.25, 0.3) is 0 Å². The molecule has 0 aliphatic carbocycles. The fourth-order valence-corrected chi connectivity index (χ4v) is 3.87. The number of fused-ring (bicyclic) bond motifs is 1. The Kier molecular flexibility index (Phi) is 6.67. The van der Waals surface area contributed by atoms with Gasteiger partial charge in [-0.25, -0.2) is 4.98 Å². The van der Waals surface area contributed by atoms with E-state index < -0.39 is 0 Å². The molecular weight excluding hydrogens is 442 g/mol. The normalized spacial score (nSPS) is 11.0. The van der Waals surface area contributed by atoms with Crippen molar-refractivity contribution in [2.24, 2.45) is 0 Å². The average molecular weight is 466 g/mol. The van der Waals surface area contributed by atoms with E-state index >= 15 is 0 Å². The zero-order chi connectivity index (χ0) is 20.8. The predicted octanol–water partition coefficient (Wildman–Crippen LogP) is 5.59. The van der Waals surface area contributed by atoms with Crippen LogP contribution >= 0.6 is 15.9 Å². The maximum atomic E-state index is 6.06. The fraction of sp³-hybridized carbons (Fsp3) is 0.208. The lowest BCUT2D eigenvalue weighted by molar-refractivity contribution is 0.267. The first-order valence-corrected chi connectivity index (χ1v) is 10.8. The quantitative estimate of drug-likeness (QED) is 0.338. The number of aromatic nitrogens is 2. The molecule has 2 N–H and O–H groups in total. The van der Waals surface area contributed by atoms with E-state index in [2.05, 4.69) is 37.3 Å². The number of para-hydroxylation sites is 2. The second kappa shape index (κ2) is 9.78. The molecule has 1 aromatic heterocycles. The van der Waals surface area contributed by atoms with Gasteiger partial charge in [0.2, 0.25) is 0 Å². The first-order valence-electron chi connectivity index (χ1n) is 9.99. The molecule has 0 atom stereocenters. The minimum atomic E-state index is 0.489. The first-order chi connectivity index (χ1) is 14.7. The molecule has 3 aromatic carbocycles. The molecule has 0 aliphatic heterocycles. The van der Waals surface area contributed by atoms with E-state index in [0.29, 0.717) is 26.3 Å². The second-order valence-electron chi connectivity index (χ2n) is 6.92. The van der Waals surface area contributed by atoms with Crippen molar-refractivity contribution in [3.05, 3.63) is 88.2 Å². The van der Waals surface area contributed by atoms with Gasteiger partial charge >= 0.3 is 0 Å². The molecule has 0 aliphatic rings. The van der Waals surface area contributed by atoms with Crippen LogP contribution in [0.15, 0.2) is 71.2 Å². The molecule has 5 nitrogen and oxygen atoms in total. The molecule has 0 saturated carbocycles. The molecule has 154 valence electrons. The van der Waals surface area contributed by atoms with Gasteiger partial charge in [-0.15, -0.1) is 0 Å². The second-order valence-corrected chi connectivity index (χ2v) is 7.77. The van der Waals surface area contributed by atoms with Crippen LogP contribution in [0.2, 0.25) is 0 Å². The van der Waals surface area contributed by atoms with Crippen LogP contribution in [0, 0.1) is 0 Å². The Morgan fingerprint density at radius 3 is 2.53 bits per heavy atom. The molecule has 0 radical (unpaired) electrons. The number of hydrogen-bond donors (Lipinski definition) is 2. The molecule has 0 bridgehead atoms. The third-order valence-electron chi connectivity index (χ3n) is 4.66. The molecule has 0 saturated heterocycles. The number of halogens is 1. The van der Waals surface area contributed by atoms with Crippen molar-refractivity contribution in [3.63, 3.8) is 0 Å². The van der Waals surface area contributed by atoms with E-state index in [1.165, 1.54) is 0 Å². The van der Waals surface area contributed by atoms with Crippen molar-refractivity contribution in [2.45, 2.75) is 26.6 Å². The van der Waals surface area contributed by atoms with Crippen LogP contribution in [0.4, 0.5) is 0 Å². The lowest BCUT2D eigenvalue weighted by Gasteiger charge is -2.16. The summed E-state index contributed by atoms with van der Waals surface area (Å²) in [6, 6.07) is 22.2. The van der Waals surface area contributed by atoms with Crippen LogP contribution in [0.25, 0.3) is 11.0 Å². The number of nitrogens with zero attached hydrogens (tertiary/aromatic N) is 1. The van der Waals surface area contributed by atoms with Gasteiger partial charge in [-0.3, -0.25) is 0 Å². The molecule has 6 heteroatoms. The molecule has 30 heavy (non-hydrogen) atoms. The van der Waals surface area contributed by atoms with Crippen LogP contribution in [0.3, 0.4) is 0 Å². The van der Waals surface area contributed by atoms with Crippen molar-refractivity contribution in [3.8, 4) is 11.5 Å². The molecule has 0 unspecified atom stereocenters. The molecule has 4 rings (SSSR count). The number of ether oxygens (including phenoxy) is 2. The van der Waals surface area contributed by atoms with Crippen LogP contribution in [-0.4, -0.2) is 16.6 Å². The monoisotopic (exact) mass is 465 g/mol. The Morgan fingerprint density at radius 1 is 0.933 bits per heavy atom. The van der Waals surface area contributed by atoms with Gasteiger partial charge in [0.15, 0.2) is 11.5 Å². The molecule has 0 amide bonds. The zero-order valence-corrected chi connectivity index (χ0v) is 18.4. The highest BCUT2D eigenvalue weighted by Gasteiger charge is 2.13. The summed E-state index contributed by atoms with van der Waals surface area (Å²) in [6.07, 6.45) is 0. The average Bonchev–Trinajstić information content (AvgIpc) is 3.17. The Bertz CT molecular complexity index is 1080. The third-order valence-corrected chi connectivity index (χ3v) is 5.24. The Morgan fingerprint density at radius 2 is 1.73 bits per heavy atom. The number of rotatable bonds is 9. The Hall–Kier alpha value is -2.83. The van der Waals surface area contributed by atoms with Crippen LogP contribution in [0.5, 0.6) is 11.5 Å². The van der Waals surface area contributed by atoms with Gasteiger partial charge in [0, 0.05) is 6.54 Å². The van der Waals surface area contributed by atoms with Crippen molar-refractivity contribution in [1.29, 1.82) is 0 Å². The van der Waals surface area contributed by atoms with Crippen molar-refractivity contribution < 1.29 is 9.47 Å². The highest BCUT2D eigenvalue weighted by atomic mass is 79.9. The van der Waals surface area contributed by atoms with Crippen molar-refractivity contribution in [2.75, 3.05) is 6.61 Å². The minimum absolute atomic E-state index is 0.489. The van der Waals surface area contributed by atoms with Gasteiger partial charge in [-0.2, -0.15) is 0 Å². The lowest BCUT2D eigenvalue weighted by Crippen LogP contribution is -2.14. The van der Waals surface area contributed by atoms with Crippen LogP contribution in [-0.2, 0) is 19.7 Å². The molecule has 0 fully saturated rings. The largest absolute Gasteiger partial charge is 0.490 e. The van der Waals surface area contributed by atoms with E-state index in [1.54, 1.807) is 0 Å². The third kappa shape index (κ3) is 5.01. The van der Waals surface area contributed by atoms with Gasteiger partial charge in [0.05, 0.1) is 28.7 Å². The van der Waals surface area contributed by atoms with Gasteiger partial charge in [-0.05, 0) is 58.2 Å². The van der Waals surface area contributed by atoms with Gasteiger partial charge in [0.1, 0.15) is 12.4 Å². The minimum Gasteiger partial charge on any atom is -0.490 e. The summed E-state index contributed by atoms with van der Waals surface area (Å²) in [4.78, 5) is 7.94. The molecular formula is C24H24BrN3O2. The van der Waals surface area contributed by atoms with E-state index in [-0.39, 0.29) is 0 Å². The highest BCUT2D eigenvalue weighted by Crippen LogP contribution is 2.37. The molecule has 0 spiro atoms. The fourth-order valence-electron chi connectivity index (χ4n) is 3.27. The maximum Gasteiger partial charge on any atom is 0.175 e. The Labute approximate surface area is 184 Å². The van der Waals surface area contributed by atoms with E-state index in [1.807, 2.05) is 67.6 Å². The Balaban J connectivity index is 1.42. The summed E-state index contributed by atoms with van der Waals surface area (Å²) in [5.41, 5.74) is 4.25. The molecule has 4 aromatic rings. The predicted molar refractivity (Wildman–Crippen MR) is 123 cm³/mol. The van der Waals surface area contributed by atoms with E-state index in [4.69, 9.17) is 9.47 Å². The summed E-state index contributed by atoms with van der Waals surface area (Å²) in [5, 5.41) is 3.44. The van der Waals surface area contributed by atoms with Crippen molar-refractivity contribution >= 4 is 27.0 Å².